The molecule has 0 bridgehead atoms. The minimum Gasteiger partial charge on any atom is -0.488 e. The number of halogens is 3. The average molecular weight is 676 g/mol. The molecule has 1 fully saturated rings. The monoisotopic (exact) mass is 674 g/mol. The molecule has 1 aliphatic heterocycles. The van der Waals surface area contributed by atoms with Crippen molar-refractivity contribution in [3.8, 4) is 5.75 Å². The van der Waals surface area contributed by atoms with Crippen LogP contribution in [0.4, 0.5) is 14.9 Å². The third-order valence-electron chi connectivity index (χ3n) is 5.98. The summed E-state index contributed by atoms with van der Waals surface area (Å²) in [5.74, 6) is -1.96. The number of rotatable bonds is 11. The van der Waals surface area contributed by atoms with Crippen LogP contribution in [-0.2, 0) is 20.9 Å². The van der Waals surface area contributed by atoms with E-state index in [1.807, 2.05) is 6.92 Å². The maximum atomic E-state index is 14.0. The number of anilines is 1. The van der Waals surface area contributed by atoms with Gasteiger partial charge in [0, 0.05) is 21.3 Å². The van der Waals surface area contributed by atoms with Crippen LogP contribution in [0.25, 0.3) is 6.08 Å². The Kier molecular flexibility index (Phi) is 10.8. The van der Waals surface area contributed by atoms with Crippen molar-refractivity contribution < 1.29 is 33.0 Å². The molecule has 0 atom stereocenters. The smallest absolute Gasteiger partial charge is 0.339 e. The van der Waals surface area contributed by atoms with Gasteiger partial charge in [-0.05, 0) is 66.7 Å². The van der Waals surface area contributed by atoms with Gasteiger partial charge < -0.3 is 14.8 Å². The SMILES string of the molecule is CCCCOC(=O)c1cc(NC(=O)CN2C(=O)S/C(=C\c3cc(Br)ccc3OCc3ccccc3F)C2=O)ccc1Cl. The molecule has 8 nitrogen and oxygen atoms in total. The molecule has 3 aromatic carbocycles. The van der Waals surface area contributed by atoms with Crippen molar-refractivity contribution >= 4 is 74.1 Å². The first kappa shape index (κ1) is 31.3. The van der Waals surface area contributed by atoms with Gasteiger partial charge in [0.1, 0.15) is 24.7 Å². The van der Waals surface area contributed by atoms with Crippen molar-refractivity contribution in [2.75, 3.05) is 18.5 Å². The van der Waals surface area contributed by atoms with E-state index in [9.17, 15) is 23.6 Å². The summed E-state index contributed by atoms with van der Waals surface area (Å²) in [5.41, 5.74) is 1.18. The largest absolute Gasteiger partial charge is 0.488 e. The summed E-state index contributed by atoms with van der Waals surface area (Å²) < 4.78 is 25.8. The highest BCUT2D eigenvalue weighted by molar-refractivity contribution is 9.10. The lowest BCUT2D eigenvalue weighted by Crippen LogP contribution is -2.36. The number of thioether (sulfide) groups is 1. The zero-order valence-electron chi connectivity index (χ0n) is 22.3. The van der Waals surface area contributed by atoms with Crippen molar-refractivity contribution in [2.24, 2.45) is 0 Å². The van der Waals surface area contributed by atoms with Gasteiger partial charge in [0.2, 0.25) is 5.91 Å². The molecule has 1 aliphatic rings. The van der Waals surface area contributed by atoms with E-state index in [-0.39, 0.29) is 34.4 Å². The second-order valence-electron chi connectivity index (χ2n) is 9.06. The highest BCUT2D eigenvalue weighted by Gasteiger charge is 2.36. The molecule has 0 aliphatic carbocycles. The molecular formula is C30H25BrClFN2O6S. The van der Waals surface area contributed by atoms with Gasteiger partial charge in [0.15, 0.2) is 0 Å². The summed E-state index contributed by atoms with van der Waals surface area (Å²) in [6, 6.07) is 15.6. The number of carbonyl (C=O) groups is 4. The van der Waals surface area contributed by atoms with E-state index in [2.05, 4.69) is 21.2 Å². The Morgan fingerprint density at radius 2 is 1.90 bits per heavy atom. The predicted molar refractivity (Wildman–Crippen MR) is 163 cm³/mol. The third kappa shape index (κ3) is 7.99. The lowest BCUT2D eigenvalue weighted by Gasteiger charge is -2.13. The first-order valence-electron chi connectivity index (χ1n) is 12.8. The van der Waals surface area contributed by atoms with Gasteiger partial charge in [0.25, 0.3) is 11.1 Å². The van der Waals surface area contributed by atoms with Crippen LogP contribution in [-0.4, -0.2) is 41.1 Å². The van der Waals surface area contributed by atoms with Crippen molar-refractivity contribution in [1.29, 1.82) is 0 Å². The van der Waals surface area contributed by atoms with Crippen LogP contribution < -0.4 is 10.1 Å². The van der Waals surface area contributed by atoms with E-state index in [0.29, 0.717) is 39.5 Å². The number of amides is 3. The van der Waals surface area contributed by atoms with Gasteiger partial charge in [-0.2, -0.15) is 0 Å². The summed E-state index contributed by atoms with van der Waals surface area (Å²) in [7, 11) is 0. The Morgan fingerprint density at radius 1 is 1.12 bits per heavy atom. The highest BCUT2D eigenvalue weighted by Crippen LogP contribution is 2.35. The molecule has 1 N–H and O–H groups in total. The van der Waals surface area contributed by atoms with Crippen molar-refractivity contribution in [2.45, 2.75) is 26.4 Å². The molecule has 1 heterocycles. The number of esters is 1. The summed E-state index contributed by atoms with van der Waals surface area (Å²) >= 11 is 10.2. The third-order valence-corrected chi connectivity index (χ3v) is 7.71. The van der Waals surface area contributed by atoms with Gasteiger partial charge in [-0.3, -0.25) is 19.3 Å². The Morgan fingerprint density at radius 3 is 2.67 bits per heavy atom. The quantitative estimate of drug-likeness (QED) is 0.128. The number of benzene rings is 3. The molecule has 0 saturated carbocycles. The molecule has 0 aromatic heterocycles. The summed E-state index contributed by atoms with van der Waals surface area (Å²) in [4.78, 5) is 51.8. The van der Waals surface area contributed by atoms with E-state index < -0.39 is 35.4 Å². The molecule has 12 heteroatoms. The number of hydrogen-bond donors (Lipinski definition) is 1. The summed E-state index contributed by atoms with van der Waals surface area (Å²) in [6.45, 7) is 1.62. The van der Waals surface area contributed by atoms with E-state index in [0.717, 1.165) is 11.3 Å². The normalized spacial score (nSPS) is 13.9. The van der Waals surface area contributed by atoms with Crippen LogP contribution in [0.1, 0.15) is 41.3 Å². The molecule has 0 spiro atoms. The van der Waals surface area contributed by atoms with Gasteiger partial charge in [-0.1, -0.05) is 59.1 Å². The summed E-state index contributed by atoms with van der Waals surface area (Å²) in [5, 5.41) is 2.12. The lowest BCUT2D eigenvalue weighted by molar-refractivity contribution is -0.127. The number of carbonyl (C=O) groups excluding carboxylic acids is 4. The fourth-order valence-corrected chi connectivity index (χ4v) is 5.21. The van der Waals surface area contributed by atoms with Crippen LogP contribution >= 0.6 is 39.3 Å². The second kappa shape index (κ2) is 14.5. The Labute approximate surface area is 259 Å². The number of ether oxygens (including phenoxy) is 2. The number of nitrogens with one attached hydrogen (secondary N) is 1. The molecular weight excluding hydrogens is 651 g/mol. The Hall–Kier alpha value is -3.67. The minimum atomic E-state index is -0.656. The molecule has 3 amide bonds. The minimum absolute atomic E-state index is 0.0420. The number of nitrogens with zero attached hydrogens (tertiary/aromatic N) is 1. The van der Waals surface area contributed by atoms with Gasteiger partial charge in [0.05, 0.1) is 22.1 Å². The second-order valence-corrected chi connectivity index (χ2v) is 11.4. The lowest BCUT2D eigenvalue weighted by atomic mass is 10.1. The Balaban J connectivity index is 1.44. The molecule has 0 unspecified atom stereocenters. The van der Waals surface area contributed by atoms with E-state index in [4.69, 9.17) is 21.1 Å². The average Bonchev–Trinajstić information content (AvgIpc) is 3.21. The van der Waals surface area contributed by atoms with Gasteiger partial charge in [-0.15, -0.1) is 0 Å². The zero-order chi connectivity index (χ0) is 30.2. The van der Waals surface area contributed by atoms with Crippen molar-refractivity contribution in [3.63, 3.8) is 0 Å². The van der Waals surface area contributed by atoms with Crippen molar-refractivity contribution in [1.82, 2.24) is 4.90 Å². The zero-order valence-corrected chi connectivity index (χ0v) is 25.5. The van der Waals surface area contributed by atoms with E-state index in [1.165, 1.54) is 30.3 Å². The fourth-order valence-electron chi connectivity index (χ4n) is 3.80. The molecule has 42 heavy (non-hydrogen) atoms. The number of imide groups is 1. The first-order valence-corrected chi connectivity index (χ1v) is 14.8. The Bertz CT molecular complexity index is 1570. The first-order chi connectivity index (χ1) is 20.2. The standard InChI is InChI=1S/C30H25BrClFN2O6S/c1-2-3-12-40-29(38)22-15-21(9-10-23(22)32)34-27(36)16-35-28(37)26(42-30(35)39)14-19-13-20(31)8-11-25(19)41-17-18-6-4-5-7-24(18)33/h4-11,13-15H,2-3,12,16-17H2,1H3,(H,34,36)/b26-14-. The molecule has 218 valence electrons. The maximum absolute atomic E-state index is 14.0. The maximum Gasteiger partial charge on any atom is 0.339 e. The fraction of sp³-hybridized carbons (Fsp3) is 0.200. The van der Waals surface area contributed by atoms with Crippen molar-refractivity contribution in [3.05, 3.63) is 97.6 Å². The van der Waals surface area contributed by atoms with Crippen LogP contribution in [0, 0.1) is 5.82 Å². The highest BCUT2D eigenvalue weighted by atomic mass is 79.9. The summed E-state index contributed by atoms with van der Waals surface area (Å²) in [6.07, 6.45) is 3.04. The molecule has 3 aromatic rings. The van der Waals surface area contributed by atoms with Crippen LogP contribution in [0.2, 0.25) is 5.02 Å². The van der Waals surface area contributed by atoms with Crippen LogP contribution in [0.5, 0.6) is 5.75 Å². The molecule has 0 radical (unpaired) electrons. The van der Waals surface area contributed by atoms with Crippen LogP contribution in [0.15, 0.2) is 70.0 Å². The van der Waals surface area contributed by atoms with Gasteiger partial charge in [-0.25, -0.2) is 9.18 Å². The predicted octanol–water partition coefficient (Wildman–Crippen LogP) is 7.45. The van der Waals surface area contributed by atoms with Crippen LogP contribution in [0.3, 0.4) is 0 Å². The molecule has 4 rings (SSSR count). The molecule has 1 saturated heterocycles. The van der Waals surface area contributed by atoms with E-state index >= 15 is 0 Å². The number of hydrogen-bond acceptors (Lipinski definition) is 7. The number of unbranched alkanes of at least 4 members (excludes halogenated alkanes) is 1. The van der Waals surface area contributed by atoms with E-state index in [1.54, 1.807) is 36.4 Å². The van der Waals surface area contributed by atoms with Gasteiger partial charge >= 0.3 is 5.97 Å². The topological polar surface area (TPSA) is 102 Å².